The van der Waals surface area contributed by atoms with E-state index >= 15 is 4.39 Å². The van der Waals surface area contributed by atoms with Crippen molar-refractivity contribution in [1.29, 1.82) is 0 Å². The predicted molar refractivity (Wildman–Crippen MR) is 96.6 cm³/mol. The second kappa shape index (κ2) is 5.67. The minimum Gasteiger partial charge on any atom is -0.494 e. The Labute approximate surface area is 151 Å². The number of fused-ring (bicyclic) bond motifs is 2. The van der Waals surface area contributed by atoms with E-state index in [1.165, 1.54) is 37.0 Å². The minimum atomic E-state index is -0.673. The first-order valence-electron chi connectivity index (χ1n) is 8.23. The fourth-order valence-corrected chi connectivity index (χ4v) is 4.17. The number of hydrogen-bond donors (Lipinski definition) is 0. The Balaban J connectivity index is 1.91. The van der Waals surface area contributed by atoms with E-state index in [0.29, 0.717) is 22.7 Å². The first-order chi connectivity index (χ1) is 12.7. The molecule has 130 valence electrons. The van der Waals surface area contributed by atoms with Crippen molar-refractivity contribution < 1.29 is 13.5 Å². The van der Waals surface area contributed by atoms with Crippen LogP contribution in [0.5, 0.6) is 5.75 Å². The first-order valence-corrected chi connectivity index (χ1v) is 9.01. The smallest absolute Gasteiger partial charge is 0.213 e. The van der Waals surface area contributed by atoms with Gasteiger partial charge in [-0.05, 0) is 53.6 Å². The van der Waals surface area contributed by atoms with E-state index < -0.39 is 11.8 Å². The summed E-state index contributed by atoms with van der Waals surface area (Å²) in [6.07, 6.45) is 5.26. The van der Waals surface area contributed by atoms with E-state index in [0.717, 1.165) is 34.0 Å². The lowest BCUT2D eigenvalue weighted by Crippen LogP contribution is -1.98. The van der Waals surface area contributed by atoms with Crippen molar-refractivity contribution in [1.82, 2.24) is 14.3 Å². The van der Waals surface area contributed by atoms with Crippen LogP contribution in [0, 0.1) is 11.8 Å². The molecule has 26 heavy (non-hydrogen) atoms. The van der Waals surface area contributed by atoms with Crippen LogP contribution in [-0.2, 0) is 0 Å². The molecule has 7 heteroatoms. The minimum absolute atomic E-state index is 0.194. The molecule has 0 spiro atoms. The highest BCUT2D eigenvalue weighted by Gasteiger charge is 2.30. The van der Waals surface area contributed by atoms with Gasteiger partial charge in [-0.15, -0.1) is 0 Å². The molecule has 1 aromatic carbocycles. The van der Waals surface area contributed by atoms with Crippen molar-refractivity contribution in [2.24, 2.45) is 0 Å². The lowest BCUT2D eigenvalue weighted by molar-refractivity contribution is 0.417. The van der Waals surface area contributed by atoms with Gasteiger partial charge < -0.3 is 4.74 Å². The SMILES string of the molecule is COc1c(-c2ccnc(F)c2)c(F)cc2c(C3CC3)c3cnsc3nc12. The number of ether oxygens (including phenoxy) is 1. The first kappa shape index (κ1) is 15.6. The van der Waals surface area contributed by atoms with Crippen LogP contribution < -0.4 is 4.74 Å². The Morgan fingerprint density at radius 2 is 2.04 bits per heavy atom. The Morgan fingerprint density at radius 1 is 1.19 bits per heavy atom. The number of halogens is 2. The van der Waals surface area contributed by atoms with Gasteiger partial charge in [-0.1, -0.05) is 0 Å². The summed E-state index contributed by atoms with van der Waals surface area (Å²) in [6, 6.07) is 4.24. The van der Waals surface area contributed by atoms with E-state index in [1.807, 2.05) is 0 Å². The molecule has 0 aliphatic heterocycles. The molecule has 0 amide bonds. The molecule has 0 bridgehead atoms. The molecule has 4 aromatic rings. The summed E-state index contributed by atoms with van der Waals surface area (Å²) < 4.78 is 38.5. The van der Waals surface area contributed by atoms with Gasteiger partial charge in [-0.25, -0.2) is 14.4 Å². The van der Waals surface area contributed by atoms with Gasteiger partial charge in [0.1, 0.15) is 16.2 Å². The molecule has 5 rings (SSSR count). The highest BCUT2D eigenvalue weighted by atomic mass is 32.1. The highest BCUT2D eigenvalue weighted by molar-refractivity contribution is 7.12. The number of methoxy groups -OCH3 is 1. The number of benzene rings is 1. The van der Waals surface area contributed by atoms with Crippen LogP contribution in [0.3, 0.4) is 0 Å². The largest absolute Gasteiger partial charge is 0.494 e. The van der Waals surface area contributed by atoms with Gasteiger partial charge in [0, 0.05) is 23.0 Å². The van der Waals surface area contributed by atoms with Gasteiger partial charge >= 0.3 is 0 Å². The van der Waals surface area contributed by atoms with Crippen molar-refractivity contribution in [2.45, 2.75) is 18.8 Å². The van der Waals surface area contributed by atoms with E-state index in [4.69, 9.17) is 4.74 Å². The van der Waals surface area contributed by atoms with E-state index in [1.54, 1.807) is 12.3 Å². The summed E-state index contributed by atoms with van der Waals surface area (Å²) in [5.74, 6) is -0.435. The molecule has 0 atom stereocenters. The van der Waals surface area contributed by atoms with E-state index in [-0.39, 0.29) is 5.56 Å². The quantitative estimate of drug-likeness (QED) is 0.473. The Morgan fingerprint density at radius 3 is 2.77 bits per heavy atom. The van der Waals surface area contributed by atoms with E-state index in [9.17, 15) is 4.39 Å². The zero-order chi connectivity index (χ0) is 17.8. The molecule has 0 unspecified atom stereocenters. The maximum atomic E-state index is 15.1. The van der Waals surface area contributed by atoms with Crippen LogP contribution in [-0.4, -0.2) is 21.5 Å². The molecule has 0 saturated heterocycles. The number of hydrogen-bond acceptors (Lipinski definition) is 5. The molecule has 1 fully saturated rings. The molecule has 1 aliphatic rings. The number of nitrogens with zero attached hydrogens (tertiary/aromatic N) is 3. The molecule has 1 saturated carbocycles. The monoisotopic (exact) mass is 369 g/mol. The van der Waals surface area contributed by atoms with E-state index in [2.05, 4.69) is 14.3 Å². The summed E-state index contributed by atoms with van der Waals surface area (Å²) in [5, 5.41) is 1.72. The summed E-state index contributed by atoms with van der Waals surface area (Å²) in [5.41, 5.74) is 2.23. The van der Waals surface area contributed by atoms with Crippen LogP contribution >= 0.6 is 11.5 Å². The van der Waals surface area contributed by atoms with Gasteiger partial charge in [0.15, 0.2) is 5.75 Å². The predicted octanol–water partition coefficient (Wildman–Crippen LogP) is 5.07. The summed E-state index contributed by atoms with van der Waals surface area (Å²) in [7, 11) is 1.48. The maximum Gasteiger partial charge on any atom is 0.213 e. The lowest BCUT2D eigenvalue weighted by atomic mass is 9.97. The fourth-order valence-electron chi connectivity index (χ4n) is 3.52. The molecular weight excluding hydrogens is 356 g/mol. The molecular formula is C19H13F2N3OS. The molecule has 0 N–H and O–H groups in total. The second-order valence-corrected chi connectivity index (χ2v) is 7.15. The summed E-state index contributed by atoms with van der Waals surface area (Å²) in [4.78, 5) is 9.03. The van der Waals surface area contributed by atoms with Crippen molar-refractivity contribution in [2.75, 3.05) is 7.11 Å². The van der Waals surface area contributed by atoms with Crippen LogP contribution in [0.15, 0.2) is 30.6 Å². The molecule has 3 heterocycles. The molecule has 4 nitrogen and oxygen atoms in total. The zero-order valence-electron chi connectivity index (χ0n) is 13.8. The zero-order valence-corrected chi connectivity index (χ0v) is 14.6. The topological polar surface area (TPSA) is 47.9 Å². The molecule has 3 aromatic heterocycles. The van der Waals surface area contributed by atoms with Crippen molar-refractivity contribution in [3.8, 4) is 16.9 Å². The third kappa shape index (κ3) is 2.27. The van der Waals surface area contributed by atoms with Gasteiger partial charge in [-0.3, -0.25) is 0 Å². The molecule has 0 radical (unpaired) electrons. The average molecular weight is 369 g/mol. The summed E-state index contributed by atoms with van der Waals surface area (Å²) in [6.45, 7) is 0. The Bertz CT molecular complexity index is 1170. The average Bonchev–Trinajstić information content (AvgIpc) is 3.35. The van der Waals surface area contributed by atoms with Crippen LogP contribution in [0.1, 0.15) is 24.3 Å². The lowest BCUT2D eigenvalue weighted by Gasteiger charge is -2.15. The summed E-state index contributed by atoms with van der Waals surface area (Å²) >= 11 is 1.31. The van der Waals surface area contributed by atoms with Crippen LogP contribution in [0.4, 0.5) is 8.78 Å². The van der Waals surface area contributed by atoms with Gasteiger partial charge in [0.25, 0.3) is 0 Å². The normalized spacial score (nSPS) is 14.3. The van der Waals surface area contributed by atoms with Gasteiger partial charge in [-0.2, -0.15) is 8.76 Å². The van der Waals surface area contributed by atoms with Crippen LogP contribution in [0.2, 0.25) is 0 Å². The van der Waals surface area contributed by atoms with Crippen LogP contribution in [0.25, 0.3) is 32.2 Å². The van der Waals surface area contributed by atoms with Crippen molar-refractivity contribution in [3.63, 3.8) is 0 Å². The highest BCUT2D eigenvalue weighted by Crippen LogP contribution is 2.49. The van der Waals surface area contributed by atoms with Gasteiger partial charge in [0.2, 0.25) is 5.95 Å². The maximum absolute atomic E-state index is 15.1. The van der Waals surface area contributed by atoms with Crippen molar-refractivity contribution in [3.05, 3.63) is 47.9 Å². The third-order valence-electron chi connectivity index (χ3n) is 4.76. The number of pyridine rings is 2. The van der Waals surface area contributed by atoms with Gasteiger partial charge in [0.05, 0.1) is 18.9 Å². The Hall–Kier alpha value is -2.67. The number of rotatable bonds is 3. The standard InChI is InChI=1S/C19H13F2N3OS/c1-25-18-16(10-4-5-22-14(21)6-10)13(20)7-11-15(9-2-3-9)12-8-23-26-19(12)24-17(11)18/h4-9H,2-3H2,1H3. The fraction of sp³-hybridized carbons (Fsp3) is 0.211. The third-order valence-corrected chi connectivity index (χ3v) is 5.45. The number of aromatic nitrogens is 3. The molecule has 1 aliphatic carbocycles. The van der Waals surface area contributed by atoms with Crippen molar-refractivity contribution >= 4 is 32.7 Å². The second-order valence-electron chi connectivity index (χ2n) is 6.37. The Kier molecular flexibility index (Phi) is 3.40.